The first-order chi connectivity index (χ1) is 8.94. The summed E-state index contributed by atoms with van der Waals surface area (Å²) in [5.41, 5.74) is -1.82. The number of nitrogens with one attached hydrogen (secondary N) is 1. The molecule has 0 heterocycles. The first kappa shape index (κ1) is 17.2. The smallest absolute Gasteiger partial charge is 0.344 e. The molecule has 0 radical (unpaired) electrons. The van der Waals surface area contributed by atoms with Crippen LogP contribution in [-0.4, -0.2) is 36.6 Å². The Bertz CT molecular complexity index is 344. The van der Waals surface area contributed by atoms with Crippen LogP contribution in [0.15, 0.2) is 12.2 Å². The van der Waals surface area contributed by atoms with Gasteiger partial charge in [0.2, 0.25) is 11.4 Å². The first-order valence-electron chi connectivity index (χ1n) is 6.18. The van der Waals surface area contributed by atoms with Crippen LogP contribution in [-0.2, 0) is 23.9 Å². The SMILES string of the molecule is C/C=C\CC(NC(C)=O)(C(=O)OCC)C(=O)OCC. The lowest BCUT2D eigenvalue weighted by Crippen LogP contribution is -2.60. The number of carbonyl (C=O) groups is 3. The van der Waals surface area contributed by atoms with Crippen LogP contribution in [0.5, 0.6) is 0 Å². The van der Waals surface area contributed by atoms with Crippen molar-refractivity contribution in [3.8, 4) is 0 Å². The van der Waals surface area contributed by atoms with Gasteiger partial charge in [-0.15, -0.1) is 0 Å². The lowest BCUT2D eigenvalue weighted by molar-refractivity contribution is -0.167. The van der Waals surface area contributed by atoms with Crippen LogP contribution in [0, 0.1) is 0 Å². The number of amides is 1. The van der Waals surface area contributed by atoms with Gasteiger partial charge in [-0.1, -0.05) is 12.2 Å². The lowest BCUT2D eigenvalue weighted by Gasteiger charge is -2.28. The standard InChI is InChI=1S/C13H21NO5/c1-5-8-9-13(14-10(4)15,11(16)18-6-2)12(17)19-7-3/h5,8H,6-7,9H2,1-4H3,(H,14,15)/b8-5-. The molecule has 0 rings (SSSR count). The summed E-state index contributed by atoms with van der Waals surface area (Å²) >= 11 is 0. The minimum atomic E-state index is -1.82. The molecule has 0 bridgehead atoms. The Morgan fingerprint density at radius 1 is 1.11 bits per heavy atom. The number of carbonyl (C=O) groups excluding carboxylic acids is 3. The Kier molecular flexibility index (Phi) is 7.48. The van der Waals surface area contributed by atoms with E-state index in [9.17, 15) is 14.4 Å². The zero-order valence-electron chi connectivity index (χ0n) is 11.8. The summed E-state index contributed by atoms with van der Waals surface area (Å²) in [5.74, 6) is -2.14. The molecule has 0 fully saturated rings. The molecule has 1 N–H and O–H groups in total. The van der Waals surface area contributed by atoms with Crippen molar-refractivity contribution < 1.29 is 23.9 Å². The number of hydrogen-bond acceptors (Lipinski definition) is 5. The number of hydrogen-bond donors (Lipinski definition) is 1. The van der Waals surface area contributed by atoms with Gasteiger partial charge in [-0.25, -0.2) is 9.59 Å². The molecular weight excluding hydrogens is 250 g/mol. The van der Waals surface area contributed by atoms with Gasteiger partial charge < -0.3 is 14.8 Å². The fourth-order valence-electron chi connectivity index (χ4n) is 1.51. The summed E-state index contributed by atoms with van der Waals surface area (Å²) < 4.78 is 9.77. The Morgan fingerprint density at radius 2 is 1.58 bits per heavy atom. The van der Waals surface area contributed by atoms with Crippen molar-refractivity contribution in [3.05, 3.63) is 12.2 Å². The largest absolute Gasteiger partial charge is 0.464 e. The fourth-order valence-corrected chi connectivity index (χ4v) is 1.51. The highest BCUT2D eigenvalue weighted by Crippen LogP contribution is 2.17. The minimum absolute atomic E-state index is 0.0131. The van der Waals surface area contributed by atoms with Crippen molar-refractivity contribution in [1.82, 2.24) is 5.32 Å². The second-order valence-electron chi connectivity index (χ2n) is 3.80. The van der Waals surface area contributed by atoms with Gasteiger partial charge in [-0.2, -0.15) is 0 Å². The maximum Gasteiger partial charge on any atom is 0.344 e. The highest BCUT2D eigenvalue weighted by Gasteiger charge is 2.49. The Balaban J connectivity index is 5.47. The van der Waals surface area contributed by atoms with E-state index in [0.717, 1.165) is 0 Å². The predicted molar refractivity (Wildman–Crippen MR) is 69.2 cm³/mol. The normalized spacial score (nSPS) is 11.2. The molecule has 6 nitrogen and oxygen atoms in total. The van der Waals surface area contributed by atoms with E-state index in [1.165, 1.54) is 6.92 Å². The van der Waals surface area contributed by atoms with Crippen molar-refractivity contribution in [2.24, 2.45) is 0 Å². The summed E-state index contributed by atoms with van der Waals surface area (Å²) in [5, 5.41) is 2.36. The molecule has 0 aromatic heterocycles. The van der Waals surface area contributed by atoms with Gasteiger partial charge in [0, 0.05) is 13.3 Å². The van der Waals surface area contributed by atoms with Gasteiger partial charge in [-0.3, -0.25) is 4.79 Å². The third-order valence-corrected chi connectivity index (χ3v) is 2.30. The second kappa shape index (κ2) is 8.29. The van der Waals surface area contributed by atoms with E-state index in [-0.39, 0.29) is 19.6 Å². The van der Waals surface area contributed by atoms with Crippen molar-refractivity contribution in [3.63, 3.8) is 0 Å². The van der Waals surface area contributed by atoms with Crippen LogP contribution in [0.4, 0.5) is 0 Å². The maximum absolute atomic E-state index is 12.1. The monoisotopic (exact) mass is 271 g/mol. The number of rotatable bonds is 7. The molecule has 0 unspecified atom stereocenters. The van der Waals surface area contributed by atoms with E-state index < -0.39 is 23.4 Å². The van der Waals surface area contributed by atoms with E-state index in [2.05, 4.69) is 5.32 Å². The third kappa shape index (κ3) is 4.73. The topological polar surface area (TPSA) is 81.7 Å². The summed E-state index contributed by atoms with van der Waals surface area (Å²) in [6, 6.07) is 0. The summed E-state index contributed by atoms with van der Waals surface area (Å²) in [7, 11) is 0. The van der Waals surface area contributed by atoms with Crippen molar-refractivity contribution in [2.45, 2.75) is 39.7 Å². The second-order valence-corrected chi connectivity index (χ2v) is 3.80. The van der Waals surface area contributed by atoms with E-state index in [0.29, 0.717) is 0 Å². The van der Waals surface area contributed by atoms with Crippen LogP contribution in [0.1, 0.15) is 34.1 Å². The van der Waals surface area contributed by atoms with Crippen LogP contribution in [0.25, 0.3) is 0 Å². The van der Waals surface area contributed by atoms with E-state index in [1.54, 1.807) is 32.9 Å². The molecule has 0 saturated carbocycles. The van der Waals surface area contributed by atoms with E-state index in [4.69, 9.17) is 9.47 Å². The maximum atomic E-state index is 12.1. The Hall–Kier alpha value is -1.85. The minimum Gasteiger partial charge on any atom is -0.464 e. The van der Waals surface area contributed by atoms with E-state index in [1.807, 2.05) is 0 Å². The molecule has 0 aliphatic rings. The van der Waals surface area contributed by atoms with Crippen LogP contribution < -0.4 is 5.32 Å². The van der Waals surface area contributed by atoms with Gasteiger partial charge in [0.25, 0.3) is 0 Å². The molecule has 0 spiro atoms. The molecular formula is C13H21NO5. The predicted octanol–water partition coefficient (Wildman–Crippen LogP) is 0.954. The molecule has 108 valence electrons. The summed E-state index contributed by atoms with van der Waals surface area (Å²) in [4.78, 5) is 35.4. The molecule has 0 aromatic rings. The van der Waals surface area contributed by atoms with Gasteiger partial charge in [0.15, 0.2) is 0 Å². The lowest BCUT2D eigenvalue weighted by atomic mass is 9.94. The molecule has 19 heavy (non-hydrogen) atoms. The third-order valence-electron chi connectivity index (χ3n) is 2.30. The van der Waals surface area contributed by atoms with Crippen LogP contribution in [0.2, 0.25) is 0 Å². The Labute approximate surface area is 113 Å². The van der Waals surface area contributed by atoms with Gasteiger partial charge >= 0.3 is 11.9 Å². The molecule has 0 saturated heterocycles. The van der Waals surface area contributed by atoms with E-state index >= 15 is 0 Å². The van der Waals surface area contributed by atoms with Crippen LogP contribution >= 0.6 is 0 Å². The summed E-state index contributed by atoms with van der Waals surface area (Å²) in [6.45, 7) is 6.43. The molecule has 0 aromatic carbocycles. The van der Waals surface area contributed by atoms with Crippen molar-refractivity contribution in [1.29, 1.82) is 0 Å². The average Bonchev–Trinajstić information content (AvgIpc) is 2.34. The quantitative estimate of drug-likeness (QED) is 0.423. The molecule has 0 aliphatic carbocycles. The highest BCUT2D eigenvalue weighted by molar-refractivity contribution is 6.07. The molecule has 0 aliphatic heterocycles. The fraction of sp³-hybridized carbons (Fsp3) is 0.615. The Morgan fingerprint density at radius 3 is 1.89 bits per heavy atom. The highest BCUT2D eigenvalue weighted by atomic mass is 16.6. The number of allylic oxidation sites excluding steroid dienone is 1. The number of esters is 2. The first-order valence-corrected chi connectivity index (χ1v) is 6.18. The van der Waals surface area contributed by atoms with Gasteiger partial charge in [0.05, 0.1) is 13.2 Å². The van der Waals surface area contributed by atoms with Crippen molar-refractivity contribution in [2.75, 3.05) is 13.2 Å². The van der Waals surface area contributed by atoms with Gasteiger partial charge in [0.1, 0.15) is 0 Å². The summed E-state index contributed by atoms with van der Waals surface area (Å²) in [6.07, 6.45) is 3.26. The van der Waals surface area contributed by atoms with Gasteiger partial charge in [-0.05, 0) is 20.8 Å². The molecule has 6 heteroatoms. The zero-order chi connectivity index (χ0) is 14.9. The average molecular weight is 271 g/mol. The molecule has 1 amide bonds. The molecule has 0 atom stereocenters. The van der Waals surface area contributed by atoms with Crippen LogP contribution in [0.3, 0.4) is 0 Å². The number of ether oxygens (including phenoxy) is 2. The zero-order valence-corrected chi connectivity index (χ0v) is 11.8. The van der Waals surface area contributed by atoms with Crippen molar-refractivity contribution >= 4 is 17.8 Å².